The molecule has 2 aromatic rings. The minimum Gasteiger partial charge on any atom is -0.504 e. The SMILES string of the molecule is NS(=O)(=O)c1ccc(NC(=O)C=Cc2cc(O)c(O)cc2Br)cc1. The predicted molar refractivity (Wildman–Crippen MR) is 93.0 cm³/mol. The minimum absolute atomic E-state index is 0.0560. The van der Waals surface area contributed by atoms with Gasteiger partial charge in [-0.3, -0.25) is 4.79 Å². The normalized spacial score (nSPS) is 11.6. The Labute approximate surface area is 146 Å². The fourth-order valence-electron chi connectivity index (χ4n) is 1.77. The highest BCUT2D eigenvalue weighted by Crippen LogP contribution is 2.32. The standard InChI is InChI=1S/C15H13BrN2O5S/c16-12-8-14(20)13(19)7-9(12)1-6-15(21)18-10-2-4-11(5-3-10)24(17,22)23/h1-8,19-20H,(H,18,21)(H2,17,22,23). The number of anilines is 1. The number of amides is 1. The number of phenolic OH excluding ortho intramolecular Hbond substituents is 2. The van der Waals surface area contributed by atoms with E-state index < -0.39 is 15.9 Å². The second-order valence-corrected chi connectivity index (χ2v) is 7.17. The molecule has 0 aromatic heterocycles. The summed E-state index contributed by atoms with van der Waals surface area (Å²) in [6.45, 7) is 0. The second-order valence-electron chi connectivity index (χ2n) is 4.75. The van der Waals surface area contributed by atoms with Crippen LogP contribution in [0.4, 0.5) is 5.69 Å². The van der Waals surface area contributed by atoms with Crippen molar-refractivity contribution in [3.63, 3.8) is 0 Å². The fraction of sp³-hybridized carbons (Fsp3) is 0. The van der Waals surface area contributed by atoms with E-state index in [9.17, 15) is 23.4 Å². The zero-order valence-electron chi connectivity index (χ0n) is 12.1. The maximum absolute atomic E-state index is 11.9. The van der Waals surface area contributed by atoms with Crippen molar-refractivity contribution in [3.05, 3.63) is 52.5 Å². The summed E-state index contributed by atoms with van der Waals surface area (Å²) in [5.41, 5.74) is 0.884. The van der Waals surface area contributed by atoms with E-state index in [0.717, 1.165) is 0 Å². The molecule has 126 valence electrons. The number of carbonyl (C=O) groups excluding carboxylic acids is 1. The van der Waals surface area contributed by atoms with E-state index in [-0.39, 0.29) is 16.4 Å². The van der Waals surface area contributed by atoms with Crippen LogP contribution in [0, 0.1) is 0 Å². The van der Waals surface area contributed by atoms with Gasteiger partial charge in [0.05, 0.1) is 4.90 Å². The molecule has 0 aliphatic rings. The summed E-state index contributed by atoms with van der Waals surface area (Å²) in [7, 11) is -3.78. The molecule has 0 atom stereocenters. The van der Waals surface area contributed by atoms with Crippen molar-refractivity contribution in [1.29, 1.82) is 0 Å². The summed E-state index contributed by atoms with van der Waals surface area (Å²) < 4.78 is 22.8. The Balaban J connectivity index is 2.09. The van der Waals surface area contributed by atoms with E-state index in [2.05, 4.69) is 21.2 Å². The number of halogens is 1. The molecule has 1 amide bonds. The van der Waals surface area contributed by atoms with Gasteiger partial charge in [0.2, 0.25) is 15.9 Å². The Morgan fingerprint density at radius 1 is 1.12 bits per heavy atom. The van der Waals surface area contributed by atoms with Crippen LogP contribution in [0.3, 0.4) is 0 Å². The monoisotopic (exact) mass is 412 g/mol. The van der Waals surface area contributed by atoms with Gasteiger partial charge in [0.15, 0.2) is 11.5 Å². The lowest BCUT2D eigenvalue weighted by molar-refractivity contribution is -0.111. The molecule has 0 aliphatic carbocycles. The van der Waals surface area contributed by atoms with Crippen molar-refractivity contribution in [2.24, 2.45) is 5.14 Å². The first-order valence-corrected chi connectivity index (χ1v) is 8.84. The van der Waals surface area contributed by atoms with E-state index in [1.165, 1.54) is 48.6 Å². The highest BCUT2D eigenvalue weighted by atomic mass is 79.9. The molecule has 2 aromatic carbocycles. The third-order valence-corrected chi connectivity index (χ3v) is 4.57. The molecule has 0 bridgehead atoms. The summed E-state index contributed by atoms with van der Waals surface area (Å²) in [6.07, 6.45) is 2.67. The lowest BCUT2D eigenvalue weighted by Crippen LogP contribution is -2.12. The molecule has 0 spiro atoms. The van der Waals surface area contributed by atoms with Gasteiger partial charge in [-0.15, -0.1) is 0 Å². The van der Waals surface area contributed by atoms with E-state index in [1.54, 1.807) is 0 Å². The van der Waals surface area contributed by atoms with Crippen LogP contribution in [-0.2, 0) is 14.8 Å². The number of sulfonamides is 1. The number of primary sulfonamides is 1. The Bertz CT molecular complexity index is 908. The van der Waals surface area contributed by atoms with E-state index in [0.29, 0.717) is 15.7 Å². The number of aromatic hydroxyl groups is 2. The Hall–Kier alpha value is -2.36. The number of rotatable bonds is 4. The average molecular weight is 413 g/mol. The van der Waals surface area contributed by atoms with Crippen LogP contribution in [0.5, 0.6) is 11.5 Å². The quantitative estimate of drug-likeness (QED) is 0.451. The van der Waals surface area contributed by atoms with Crippen molar-refractivity contribution in [1.82, 2.24) is 0 Å². The molecule has 0 aliphatic heterocycles. The summed E-state index contributed by atoms with van der Waals surface area (Å²) in [6, 6.07) is 7.98. The van der Waals surface area contributed by atoms with Gasteiger partial charge in [-0.25, -0.2) is 13.6 Å². The molecule has 0 unspecified atom stereocenters. The van der Waals surface area contributed by atoms with Gasteiger partial charge < -0.3 is 15.5 Å². The average Bonchev–Trinajstić information content (AvgIpc) is 2.49. The van der Waals surface area contributed by atoms with Crippen LogP contribution in [-0.4, -0.2) is 24.5 Å². The first-order valence-electron chi connectivity index (χ1n) is 6.50. The highest BCUT2D eigenvalue weighted by Gasteiger charge is 2.08. The topological polar surface area (TPSA) is 130 Å². The largest absolute Gasteiger partial charge is 0.504 e. The first kappa shape index (κ1) is 18.0. The molecule has 9 heteroatoms. The number of phenols is 2. The van der Waals surface area contributed by atoms with Gasteiger partial charge >= 0.3 is 0 Å². The number of hydrogen-bond acceptors (Lipinski definition) is 5. The molecule has 0 saturated carbocycles. The van der Waals surface area contributed by atoms with Crippen molar-refractivity contribution in [3.8, 4) is 11.5 Å². The summed E-state index contributed by atoms with van der Waals surface area (Å²) in [5.74, 6) is -1.05. The smallest absolute Gasteiger partial charge is 0.248 e. The van der Waals surface area contributed by atoms with Gasteiger partial charge in [-0.05, 0) is 48.0 Å². The summed E-state index contributed by atoms with van der Waals surface area (Å²) in [4.78, 5) is 11.8. The zero-order chi connectivity index (χ0) is 17.9. The third-order valence-electron chi connectivity index (χ3n) is 2.96. The predicted octanol–water partition coefficient (Wildman–Crippen LogP) is 2.16. The molecule has 5 N–H and O–H groups in total. The molecular weight excluding hydrogens is 400 g/mol. The second kappa shape index (κ2) is 7.04. The lowest BCUT2D eigenvalue weighted by Gasteiger charge is -2.04. The van der Waals surface area contributed by atoms with Crippen LogP contribution in [0.25, 0.3) is 6.08 Å². The molecular formula is C15H13BrN2O5S. The molecule has 24 heavy (non-hydrogen) atoms. The van der Waals surface area contributed by atoms with Crippen LogP contribution in [0.15, 0.2) is 51.8 Å². The van der Waals surface area contributed by atoms with Gasteiger partial charge in [-0.2, -0.15) is 0 Å². The highest BCUT2D eigenvalue weighted by molar-refractivity contribution is 9.10. The minimum atomic E-state index is -3.78. The van der Waals surface area contributed by atoms with Crippen molar-refractivity contribution < 1.29 is 23.4 Å². The van der Waals surface area contributed by atoms with Crippen LogP contribution in [0.2, 0.25) is 0 Å². The third kappa shape index (κ3) is 4.57. The molecule has 0 saturated heterocycles. The number of carbonyl (C=O) groups is 1. The van der Waals surface area contributed by atoms with E-state index in [1.807, 2.05) is 0 Å². The number of nitrogens with two attached hydrogens (primary N) is 1. The Morgan fingerprint density at radius 3 is 2.29 bits per heavy atom. The van der Waals surface area contributed by atoms with Crippen LogP contribution in [0.1, 0.15) is 5.56 Å². The maximum Gasteiger partial charge on any atom is 0.248 e. The lowest BCUT2D eigenvalue weighted by atomic mass is 10.2. The zero-order valence-corrected chi connectivity index (χ0v) is 14.5. The van der Waals surface area contributed by atoms with Crippen molar-refractivity contribution in [2.45, 2.75) is 4.90 Å². The van der Waals surface area contributed by atoms with Gasteiger partial charge in [0.1, 0.15) is 0 Å². The van der Waals surface area contributed by atoms with Gasteiger partial charge in [-0.1, -0.05) is 15.9 Å². The Morgan fingerprint density at radius 2 is 1.71 bits per heavy atom. The molecule has 0 heterocycles. The molecule has 2 rings (SSSR count). The summed E-state index contributed by atoms with van der Waals surface area (Å²) >= 11 is 3.20. The van der Waals surface area contributed by atoms with Crippen LogP contribution < -0.4 is 10.5 Å². The first-order chi connectivity index (χ1) is 11.2. The fourth-order valence-corrected chi connectivity index (χ4v) is 2.75. The van der Waals surface area contributed by atoms with Crippen LogP contribution >= 0.6 is 15.9 Å². The summed E-state index contributed by atoms with van der Waals surface area (Å²) in [5, 5.41) is 26.3. The van der Waals surface area contributed by atoms with Gasteiger partial charge in [0, 0.05) is 16.2 Å². The number of hydrogen-bond donors (Lipinski definition) is 4. The van der Waals surface area contributed by atoms with E-state index in [4.69, 9.17) is 5.14 Å². The molecule has 7 nitrogen and oxygen atoms in total. The maximum atomic E-state index is 11.9. The number of benzene rings is 2. The van der Waals surface area contributed by atoms with E-state index >= 15 is 0 Å². The van der Waals surface area contributed by atoms with Gasteiger partial charge in [0.25, 0.3) is 0 Å². The molecule has 0 fully saturated rings. The molecule has 0 radical (unpaired) electrons. The van der Waals surface area contributed by atoms with Crippen molar-refractivity contribution in [2.75, 3.05) is 5.32 Å². The Kier molecular flexibility index (Phi) is 5.27. The number of nitrogens with one attached hydrogen (secondary N) is 1. The van der Waals surface area contributed by atoms with Crippen molar-refractivity contribution >= 4 is 43.6 Å².